The van der Waals surface area contributed by atoms with E-state index in [1.807, 2.05) is 0 Å². The lowest BCUT2D eigenvalue weighted by Crippen LogP contribution is -2.30. The predicted octanol–water partition coefficient (Wildman–Crippen LogP) is 1.53. The Labute approximate surface area is 187 Å². The van der Waals surface area contributed by atoms with E-state index in [0.717, 1.165) is 0 Å². The molecular formula is C20H18ClN3O7S. The Morgan fingerprint density at radius 1 is 1.16 bits per heavy atom. The second-order valence-corrected chi connectivity index (χ2v) is 9.01. The highest BCUT2D eigenvalue weighted by molar-refractivity contribution is 7.89. The molecule has 12 heteroatoms. The van der Waals surface area contributed by atoms with Gasteiger partial charge in [0, 0.05) is 24.8 Å². The molecule has 1 aromatic carbocycles. The molecule has 0 fully saturated rings. The number of carbonyl (C=O) groups is 1. The van der Waals surface area contributed by atoms with Gasteiger partial charge < -0.3 is 14.2 Å². The quantitative estimate of drug-likeness (QED) is 0.527. The number of hydrogen-bond donors (Lipinski definition) is 1. The average Bonchev–Trinajstić information content (AvgIpc) is 3.02. The molecule has 0 radical (unpaired) electrons. The smallest absolute Gasteiger partial charge is 0.321 e. The molecule has 0 amide bonds. The minimum absolute atomic E-state index is 0.0718. The molecule has 0 unspecified atom stereocenters. The van der Waals surface area contributed by atoms with Crippen LogP contribution in [-0.4, -0.2) is 43.5 Å². The van der Waals surface area contributed by atoms with Gasteiger partial charge in [-0.1, -0.05) is 11.6 Å². The standard InChI is InChI=1S/C20H18ClN3O7S/c21-13-2-5-18-23-14(8-19(25)24(18)11-13)12-31-20(26)10-22-32(27,28)15-3-4-16-17(9-15)30-7-1-6-29-16/h2-5,8-9,11,22H,1,6-7,10,12H2. The van der Waals surface area contributed by atoms with E-state index < -0.39 is 28.1 Å². The second kappa shape index (κ2) is 9.15. The van der Waals surface area contributed by atoms with E-state index in [-0.39, 0.29) is 17.2 Å². The summed E-state index contributed by atoms with van der Waals surface area (Å²) >= 11 is 5.87. The van der Waals surface area contributed by atoms with E-state index in [1.165, 1.54) is 34.9 Å². The van der Waals surface area contributed by atoms with Crippen LogP contribution in [0.15, 0.2) is 52.3 Å². The molecule has 1 aliphatic heterocycles. The molecule has 0 spiro atoms. The van der Waals surface area contributed by atoms with Crippen LogP contribution in [-0.2, 0) is 26.2 Å². The molecule has 168 valence electrons. The van der Waals surface area contributed by atoms with Crippen molar-refractivity contribution in [2.24, 2.45) is 0 Å². The van der Waals surface area contributed by atoms with Gasteiger partial charge in [-0.15, -0.1) is 0 Å². The normalized spacial score (nSPS) is 13.5. The first-order valence-corrected chi connectivity index (χ1v) is 11.4. The summed E-state index contributed by atoms with van der Waals surface area (Å²) in [5, 5.41) is 0.376. The molecule has 2 aromatic heterocycles. The van der Waals surface area contributed by atoms with Gasteiger partial charge in [0.15, 0.2) is 11.5 Å². The van der Waals surface area contributed by atoms with Gasteiger partial charge in [0.2, 0.25) is 10.0 Å². The average molecular weight is 480 g/mol. The number of esters is 1. The summed E-state index contributed by atoms with van der Waals surface area (Å²) in [5.41, 5.74) is 0.165. The summed E-state index contributed by atoms with van der Waals surface area (Å²) in [6, 6.07) is 8.54. The van der Waals surface area contributed by atoms with Crippen LogP contribution in [0.25, 0.3) is 5.65 Å². The second-order valence-electron chi connectivity index (χ2n) is 6.81. The minimum atomic E-state index is -3.99. The molecule has 4 rings (SSSR count). The number of carbonyl (C=O) groups excluding carboxylic acids is 1. The monoisotopic (exact) mass is 479 g/mol. The maximum absolute atomic E-state index is 12.5. The van der Waals surface area contributed by atoms with Crippen LogP contribution in [0.1, 0.15) is 12.1 Å². The zero-order chi connectivity index (χ0) is 22.7. The lowest BCUT2D eigenvalue weighted by Gasteiger charge is -2.11. The summed E-state index contributed by atoms with van der Waals surface area (Å²) in [7, 11) is -3.99. The zero-order valence-electron chi connectivity index (χ0n) is 16.6. The Bertz CT molecular complexity index is 1340. The zero-order valence-corrected chi connectivity index (χ0v) is 18.2. The molecule has 0 saturated heterocycles. The SMILES string of the molecule is O=C(CNS(=O)(=O)c1ccc2c(c1)OCCCO2)OCc1cc(=O)n2cc(Cl)ccc2n1. The largest absolute Gasteiger partial charge is 0.490 e. The van der Waals surface area contributed by atoms with Crippen molar-refractivity contribution in [2.75, 3.05) is 19.8 Å². The van der Waals surface area contributed by atoms with Gasteiger partial charge in [-0.3, -0.25) is 14.0 Å². The van der Waals surface area contributed by atoms with E-state index in [2.05, 4.69) is 9.71 Å². The third-order valence-corrected chi connectivity index (χ3v) is 6.12. The first kappa shape index (κ1) is 22.1. The van der Waals surface area contributed by atoms with E-state index in [4.69, 9.17) is 25.8 Å². The number of ether oxygens (including phenoxy) is 3. The van der Waals surface area contributed by atoms with Gasteiger partial charge >= 0.3 is 5.97 Å². The molecule has 1 N–H and O–H groups in total. The molecule has 0 saturated carbocycles. The number of rotatable bonds is 6. The van der Waals surface area contributed by atoms with Crippen molar-refractivity contribution in [1.82, 2.24) is 14.1 Å². The molecule has 3 aromatic rings. The Morgan fingerprint density at radius 3 is 2.75 bits per heavy atom. The van der Waals surface area contributed by atoms with Crippen LogP contribution in [0, 0.1) is 0 Å². The lowest BCUT2D eigenvalue weighted by molar-refractivity contribution is -0.143. The van der Waals surface area contributed by atoms with Gasteiger partial charge in [-0.05, 0) is 24.3 Å². The molecule has 32 heavy (non-hydrogen) atoms. The fourth-order valence-corrected chi connectivity index (χ4v) is 4.10. The van der Waals surface area contributed by atoms with Crippen molar-refractivity contribution in [2.45, 2.75) is 17.9 Å². The number of halogens is 1. The van der Waals surface area contributed by atoms with Crippen molar-refractivity contribution in [3.63, 3.8) is 0 Å². The van der Waals surface area contributed by atoms with Gasteiger partial charge in [-0.2, -0.15) is 4.72 Å². The van der Waals surface area contributed by atoms with Gasteiger partial charge in [0.25, 0.3) is 5.56 Å². The van der Waals surface area contributed by atoms with Crippen molar-refractivity contribution >= 4 is 33.2 Å². The topological polar surface area (TPSA) is 125 Å². The van der Waals surface area contributed by atoms with Crippen LogP contribution < -0.4 is 19.8 Å². The molecule has 3 heterocycles. The van der Waals surface area contributed by atoms with Crippen molar-refractivity contribution < 1.29 is 27.4 Å². The predicted molar refractivity (Wildman–Crippen MR) is 114 cm³/mol. The fourth-order valence-electron chi connectivity index (χ4n) is 2.95. The maximum atomic E-state index is 12.5. The van der Waals surface area contributed by atoms with Gasteiger partial charge in [-0.25, -0.2) is 13.4 Å². The van der Waals surface area contributed by atoms with Gasteiger partial charge in [0.05, 0.1) is 28.8 Å². The van der Waals surface area contributed by atoms with E-state index in [9.17, 15) is 18.0 Å². The number of pyridine rings is 1. The van der Waals surface area contributed by atoms with Crippen molar-refractivity contribution in [3.05, 3.63) is 63.7 Å². The molecule has 0 bridgehead atoms. The number of aromatic nitrogens is 2. The maximum Gasteiger partial charge on any atom is 0.321 e. The molecule has 10 nitrogen and oxygen atoms in total. The van der Waals surface area contributed by atoms with E-state index in [0.29, 0.717) is 41.8 Å². The number of nitrogens with zero attached hydrogens (tertiary/aromatic N) is 2. The van der Waals surface area contributed by atoms with Crippen LogP contribution in [0.4, 0.5) is 0 Å². The highest BCUT2D eigenvalue weighted by Gasteiger charge is 2.20. The third-order valence-electron chi connectivity index (χ3n) is 4.49. The molecule has 1 aliphatic rings. The third kappa shape index (κ3) is 5.01. The highest BCUT2D eigenvalue weighted by Crippen LogP contribution is 2.31. The van der Waals surface area contributed by atoms with E-state index >= 15 is 0 Å². The Balaban J connectivity index is 1.37. The lowest BCUT2D eigenvalue weighted by atomic mass is 10.3. The Morgan fingerprint density at radius 2 is 1.94 bits per heavy atom. The highest BCUT2D eigenvalue weighted by atomic mass is 35.5. The first-order chi connectivity index (χ1) is 15.3. The van der Waals surface area contributed by atoms with Crippen LogP contribution >= 0.6 is 11.6 Å². The van der Waals surface area contributed by atoms with Crippen LogP contribution in [0.2, 0.25) is 5.02 Å². The fraction of sp³-hybridized carbons (Fsp3) is 0.250. The van der Waals surface area contributed by atoms with E-state index in [1.54, 1.807) is 12.1 Å². The molecular weight excluding hydrogens is 462 g/mol. The number of hydrogen-bond acceptors (Lipinski definition) is 8. The summed E-state index contributed by atoms with van der Waals surface area (Å²) in [6.45, 7) is 0.00308. The number of benzene rings is 1. The number of fused-ring (bicyclic) bond motifs is 2. The Kier molecular flexibility index (Phi) is 6.31. The van der Waals surface area contributed by atoms with Gasteiger partial charge in [0.1, 0.15) is 18.8 Å². The Hall–Kier alpha value is -3.15. The first-order valence-electron chi connectivity index (χ1n) is 9.55. The number of sulfonamides is 1. The summed E-state index contributed by atoms with van der Waals surface area (Å²) in [6.07, 6.45) is 2.11. The summed E-state index contributed by atoms with van der Waals surface area (Å²) in [4.78, 5) is 28.3. The molecule has 0 atom stereocenters. The number of nitrogens with one attached hydrogen (secondary N) is 1. The van der Waals surface area contributed by atoms with Crippen LogP contribution in [0.3, 0.4) is 0 Å². The van der Waals surface area contributed by atoms with Crippen molar-refractivity contribution in [3.8, 4) is 11.5 Å². The molecule has 0 aliphatic carbocycles. The van der Waals surface area contributed by atoms with Crippen LogP contribution in [0.5, 0.6) is 11.5 Å². The van der Waals surface area contributed by atoms with Crippen molar-refractivity contribution in [1.29, 1.82) is 0 Å². The summed E-state index contributed by atoms with van der Waals surface area (Å²) in [5.74, 6) is -0.0501. The summed E-state index contributed by atoms with van der Waals surface area (Å²) < 4.78 is 44.5. The minimum Gasteiger partial charge on any atom is -0.490 e.